The predicted octanol–water partition coefficient (Wildman–Crippen LogP) is 5.22. The number of nitrogens with one attached hydrogen (secondary N) is 1. The van der Waals surface area contributed by atoms with Crippen LogP contribution in [0.25, 0.3) is 0 Å². The van der Waals surface area contributed by atoms with Crippen molar-refractivity contribution >= 4 is 33.4 Å². The number of Topliss-reactive ketones (excluding diaryl/α,β-unsaturated/α-hetero) is 1. The Morgan fingerprint density at radius 1 is 1.13 bits per heavy atom. The van der Waals surface area contributed by atoms with Crippen molar-refractivity contribution in [2.45, 2.75) is 59.4 Å². The number of anilines is 1. The van der Waals surface area contributed by atoms with E-state index in [0.717, 1.165) is 37.7 Å². The van der Waals surface area contributed by atoms with Crippen LogP contribution in [0.1, 0.15) is 53.4 Å². The third-order valence-electron chi connectivity index (χ3n) is 4.48. The van der Waals surface area contributed by atoms with Gasteiger partial charge in [-0.2, -0.15) is 11.8 Å². The smallest absolute Gasteiger partial charge is 0.295 e. The Balaban J connectivity index is 2.46. The van der Waals surface area contributed by atoms with Gasteiger partial charge in [-0.15, -0.1) is 0 Å². The maximum absolute atomic E-state index is 12.4. The van der Waals surface area contributed by atoms with E-state index in [0.29, 0.717) is 5.75 Å². The highest BCUT2D eigenvalue weighted by Crippen LogP contribution is 2.15. The van der Waals surface area contributed by atoms with E-state index in [9.17, 15) is 13.2 Å². The molecular weight excluding hydrogens is 432 g/mol. The number of sulfone groups is 1. The monoisotopic (exact) mass is 468 g/mol. The fourth-order valence-corrected chi connectivity index (χ4v) is 4.51. The molecule has 0 bridgehead atoms. The number of oxazole rings is 1. The molecule has 8 heteroatoms. The van der Waals surface area contributed by atoms with Gasteiger partial charge in [0, 0.05) is 17.8 Å². The van der Waals surface area contributed by atoms with Crippen LogP contribution in [0.15, 0.2) is 51.8 Å². The van der Waals surface area contributed by atoms with Crippen molar-refractivity contribution in [3.8, 4) is 0 Å². The summed E-state index contributed by atoms with van der Waals surface area (Å²) in [5.74, 6) is 0.303. The van der Waals surface area contributed by atoms with Crippen LogP contribution in [-0.2, 0) is 14.6 Å². The van der Waals surface area contributed by atoms with Gasteiger partial charge in [-0.25, -0.2) is 13.4 Å². The average molecular weight is 469 g/mol. The van der Waals surface area contributed by atoms with Crippen LogP contribution < -0.4 is 5.32 Å². The molecule has 1 aromatic rings. The van der Waals surface area contributed by atoms with Gasteiger partial charge in [0.1, 0.15) is 12.0 Å². The number of aromatic nitrogens is 1. The summed E-state index contributed by atoms with van der Waals surface area (Å²) < 4.78 is 28.1. The van der Waals surface area contributed by atoms with E-state index < -0.39 is 21.6 Å². The Kier molecular flexibility index (Phi) is 12.6. The van der Waals surface area contributed by atoms with Crippen LogP contribution in [-0.4, -0.2) is 48.7 Å². The second-order valence-electron chi connectivity index (χ2n) is 8.07. The van der Waals surface area contributed by atoms with Crippen LogP contribution in [0.4, 0.5) is 6.01 Å². The molecule has 0 aliphatic heterocycles. The minimum absolute atomic E-state index is 0.214. The van der Waals surface area contributed by atoms with Gasteiger partial charge in [0.15, 0.2) is 15.6 Å². The molecule has 0 aromatic carbocycles. The zero-order chi connectivity index (χ0) is 23.3. The molecule has 6 nitrogen and oxygen atoms in total. The van der Waals surface area contributed by atoms with Gasteiger partial charge in [0.05, 0.1) is 12.2 Å². The zero-order valence-corrected chi connectivity index (χ0v) is 20.9. The SMILES string of the molecule is CC(C)=CCC/C(C)=C/CC/C(C)=C/CSCC(Nc1ncco1)C(=O)CS(C)(=O)=O. The Bertz CT molecular complexity index is 865. The molecule has 1 atom stereocenters. The topological polar surface area (TPSA) is 89.3 Å². The highest BCUT2D eigenvalue weighted by molar-refractivity contribution is 7.99. The summed E-state index contributed by atoms with van der Waals surface area (Å²) in [6.07, 6.45) is 14.9. The second-order valence-corrected chi connectivity index (χ2v) is 11.3. The van der Waals surface area contributed by atoms with Crippen molar-refractivity contribution in [1.82, 2.24) is 4.98 Å². The molecule has 0 radical (unpaired) electrons. The first kappa shape index (κ1) is 27.2. The maximum Gasteiger partial charge on any atom is 0.295 e. The van der Waals surface area contributed by atoms with E-state index in [1.54, 1.807) is 11.8 Å². The normalized spacial score (nSPS) is 13.7. The minimum Gasteiger partial charge on any atom is -0.432 e. The molecule has 0 amide bonds. The number of hydrogen-bond acceptors (Lipinski definition) is 7. The lowest BCUT2D eigenvalue weighted by molar-refractivity contribution is -0.117. The molecule has 1 N–H and O–H groups in total. The number of rotatable bonds is 15. The standard InChI is InChI=1S/C23H36N2O4S2/c1-18(2)8-6-9-19(3)10-7-11-20(4)12-15-30-16-21(22(26)17-31(5,27)28)25-23-24-13-14-29-23/h8,10,12-14,21H,6-7,9,11,15-17H2,1-5H3,(H,24,25)/b19-10+,20-12+. The van der Waals surface area contributed by atoms with Gasteiger partial charge in [0.25, 0.3) is 6.01 Å². The number of carbonyl (C=O) groups is 1. The third-order valence-corrected chi connectivity index (χ3v) is 6.26. The zero-order valence-electron chi connectivity index (χ0n) is 19.3. The summed E-state index contributed by atoms with van der Waals surface area (Å²) in [4.78, 5) is 16.3. The van der Waals surface area contributed by atoms with Crippen LogP contribution >= 0.6 is 11.8 Å². The first-order valence-electron chi connectivity index (χ1n) is 10.5. The fraction of sp³-hybridized carbons (Fsp3) is 0.565. The minimum atomic E-state index is -3.39. The molecule has 0 fully saturated rings. The summed E-state index contributed by atoms with van der Waals surface area (Å²) >= 11 is 1.57. The molecule has 1 unspecified atom stereocenters. The van der Waals surface area contributed by atoms with E-state index >= 15 is 0 Å². The number of allylic oxidation sites excluding steroid dienone is 5. The molecule has 1 rings (SSSR count). The first-order chi connectivity index (χ1) is 14.6. The van der Waals surface area contributed by atoms with E-state index in [4.69, 9.17) is 4.42 Å². The molecule has 0 aliphatic carbocycles. The van der Waals surface area contributed by atoms with Crippen molar-refractivity contribution < 1.29 is 17.6 Å². The third kappa shape index (κ3) is 14.0. The number of nitrogens with zero attached hydrogens (tertiary/aromatic N) is 1. The largest absolute Gasteiger partial charge is 0.432 e. The molecule has 0 saturated heterocycles. The Hall–Kier alpha value is -1.80. The molecule has 0 spiro atoms. The fourth-order valence-electron chi connectivity index (χ4n) is 2.74. The van der Waals surface area contributed by atoms with Gasteiger partial charge < -0.3 is 9.73 Å². The van der Waals surface area contributed by atoms with Crippen molar-refractivity contribution in [3.05, 3.63) is 47.4 Å². The number of thioether (sulfide) groups is 1. The van der Waals surface area contributed by atoms with Gasteiger partial charge in [0.2, 0.25) is 0 Å². The van der Waals surface area contributed by atoms with Gasteiger partial charge >= 0.3 is 0 Å². The molecular formula is C23H36N2O4S2. The lowest BCUT2D eigenvalue weighted by atomic mass is 10.1. The van der Waals surface area contributed by atoms with E-state index in [2.05, 4.69) is 56.2 Å². The predicted molar refractivity (Wildman–Crippen MR) is 131 cm³/mol. The van der Waals surface area contributed by atoms with Gasteiger partial charge in [-0.3, -0.25) is 4.79 Å². The summed E-state index contributed by atoms with van der Waals surface area (Å²) in [5.41, 5.74) is 4.09. The molecule has 0 saturated carbocycles. The van der Waals surface area contributed by atoms with Gasteiger partial charge in [-0.05, 0) is 53.4 Å². The highest BCUT2D eigenvalue weighted by Gasteiger charge is 2.23. The van der Waals surface area contributed by atoms with Crippen molar-refractivity contribution in [2.75, 3.05) is 28.8 Å². The number of carbonyl (C=O) groups excluding carboxylic acids is 1. The van der Waals surface area contributed by atoms with E-state index in [1.165, 1.54) is 29.2 Å². The maximum atomic E-state index is 12.4. The van der Waals surface area contributed by atoms with Gasteiger partial charge in [-0.1, -0.05) is 34.9 Å². The molecule has 31 heavy (non-hydrogen) atoms. The molecule has 0 aliphatic rings. The number of ketones is 1. The van der Waals surface area contributed by atoms with Crippen molar-refractivity contribution in [1.29, 1.82) is 0 Å². The van der Waals surface area contributed by atoms with Crippen LogP contribution in [0, 0.1) is 0 Å². The molecule has 174 valence electrons. The van der Waals surface area contributed by atoms with Crippen LogP contribution in [0.5, 0.6) is 0 Å². The Morgan fingerprint density at radius 3 is 2.35 bits per heavy atom. The molecule has 1 heterocycles. The van der Waals surface area contributed by atoms with Crippen molar-refractivity contribution in [2.24, 2.45) is 0 Å². The lowest BCUT2D eigenvalue weighted by Crippen LogP contribution is -2.36. The summed E-state index contributed by atoms with van der Waals surface area (Å²) in [6.45, 7) is 8.55. The van der Waals surface area contributed by atoms with Crippen LogP contribution in [0.2, 0.25) is 0 Å². The lowest BCUT2D eigenvalue weighted by Gasteiger charge is -2.15. The van der Waals surface area contributed by atoms with Crippen molar-refractivity contribution in [3.63, 3.8) is 0 Å². The quantitative estimate of drug-likeness (QED) is 0.279. The summed E-state index contributed by atoms with van der Waals surface area (Å²) in [5, 5.41) is 2.89. The summed E-state index contributed by atoms with van der Waals surface area (Å²) in [6, 6.07) is -0.454. The van der Waals surface area contributed by atoms with E-state index in [1.807, 2.05) is 0 Å². The summed E-state index contributed by atoms with van der Waals surface area (Å²) in [7, 11) is -3.39. The first-order valence-corrected chi connectivity index (χ1v) is 13.7. The highest BCUT2D eigenvalue weighted by atomic mass is 32.2. The second kappa shape index (κ2) is 14.3. The number of hydrogen-bond donors (Lipinski definition) is 1. The average Bonchev–Trinajstić information content (AvgIpc) is 3.15. The Morgan fingerprint density at radius 2 is 1.77 bits per heavy atom. The van der Waals surface area contributed by atoms with E-state index in [-0.39, 0.29) is 11.8 Å². The van der Waals surface area contributed by atoms with Crippen LogP contribution in [0.3, 0.4) is 0 Å². The Labute approximate surface area is 191 Å². The molecule has 1 aromatic heterocycles.